The number of carbonyl (C=O) groups is 3. The Morgan fingerprint density at radius 3 is 2.62 bits per heavy atom. The highest BCUT2D eigenvalue weighted by Crippen LogP contribution is 2.34. The van der Waals surface area contributed by atoms with E-state index >= 15 is 0 Å². The van der Waals surface area contributed by atoms with Crippen molar-refractivity contribution in [2.45, 2.75) is 31.2 Å². The lowest BCUT2D eigenvalue weighted by molar-refractivity contribution is -0.134. The monoisotopic (exact) mass is 225 g/mol. The number of nitrogens with zero attached hydrogens (tertiary/aromatic N) is 1. The summed E-state index contributed by atoms with van der Waals surface area (Å²) in [5, 5.41) is 5.12. The molecule has 6 heteroatoms. The largest absolute Gasteiger partial charge is 0.358 e. The molecule has 16 heavy (non-hydrogen) atoms. The number of urea groups is 1. The number of carbonyl (C=O) groups excluding carboxylic acids is 3. The molecular weight excluding hydrogens is 210 g/mol. The average Bonchev–Trinajstić information content (AvgIpc) is 2.81. The third kappa shape index (κ3) is 1.54. The smallest absolute Gasteiger partial charge is 0.325 e. The van der Waals surface area contributed by atoms with E-state index in [1.807, 2.05) is 0 Å². The van der Waals surface area contributed by atoms with Crippen molar-refractivity contribution in [2.24, 2.45) is 0 Å². The quantitative estimate of drug-likeness (QED) is 0.627. The molecule has 6 nitrogen and oxygen atoms in total. The molecule has 0 aromatic carbocycles. The van der Waals surface area contributed by atoms with E-state index in [9.17, 15) is 14.4 Å². The molecule has 0 radical (unpaired) electrons. The second-order valence-electron chi connectivity index (χ2n) is 4.28. The van der Waals surface area contributed by atoms with E-state index in [4.69, 9.17) is 0 Å². The molecule has 0 aromatic rings. The zero-order valence-corrected chi connectivity index (χ0v) is 9.21. The highest BCUT2D eigenvalue weighted by molar-refractivity contribution is 6.09. The topological polar surface area (TPSA) is 78.5 Å². The van der Waals surface area contributed by atoms with Gasteiger partial charge in [0.15, 0.2) is 0 Å². The van der Waals surface area contributed by atoms with Crippen molar-refractivity contribution in [2.75, 3.05) is 13.6 Å². The fourth-order valence-corrected chi connectivity index (χ4v) is 2.36. The van der Waals surface area contributed by atoms with Gasteiger partial charge in [-0.15, -0.1) is 0 Å². The Morgan fingerprint density at radius 1 is 1.44 bits per heavy atom. The zero-order valence-electron chi connectivity index (χ0n) is 9.21. The van der Waals surface area contributed by atoms with Crippen LogP contribution in [0.4, 0.5) is 4.79 Å². The Kier molecular flexibility index (Phi) is 2.57. The fourth-order valence-electron chi connectivity index (χ4n) is 2.36. The van der Waals surface area contributed by atoms with E-state index < -0.39 is 11.6 Å². The Hall–Kier alpha value is -1.59. The molecule has 1 saturated heterocycles. The maximum atomic E-state index is 12.1. The second-order valence-corrected chi connectivity index (χ2v) is 4.28. The van der Waals surface area contributed by atoms with Crippen LogP contribution in [-0.4, -0.2) is 41.9 Å². The summed E-state index contributed by atoms with van der Waals surface area (Å²) in [5.41, 5.74) is -0.717. The minimum absolute atomic E-state index is 0.192. The predicted octanol–water partition coefficient (Wildman–Crippen LogP) is -0.403. The first-order valence-corrected chi connectivity index (χ1v) is 5.44. The molecule has 1 aliphatic heterocycles. The van der Waals surface area contributed by atoms with E-state index in [0.29, 0.717) is 12.8 Å². The van der Waals surface area contributed by atoms with E-state index in [2.05, 4.69) is 10.6 Å². The summed E-state index contributed by atoms with van der Waals surface area (Å²) in [4.78, 5) is 35.8. The van der Waals surface area contributed by atoms with Gasteiger partial charge in [-0.1, -0.05) is 12.8 Å². The minimum atomic E-state index is -0.717. The van der Waals surface area contributed by atoms with Gasteiger partial charge in [-0.25, -0.2) is 4.79 Å². The number of rotatable bonds is 2. The van der Waals surface area contributed by atoms with Gasteiger partial charge in [0.2, 0.25) is 5.91 Å². The number of hydrogen-bond acceptors (Lipinski definition) is 3. The summed E-state index contributed by atoms with van der Waals surface area (Å²) in [6, 6.07) is -0.449. The molecule has 2 aliphatic rings. The van der Waals surface area contributed by atoms with Crippen molar-refractivity contribution >= 4 is 17.8 Å². The van der Waals surface area contributed by atoms with E-state index in [1.54, 1.807) is 0 Å². The third-order valence-electron chi connectivity index (χ3n) is 3.28. The van der Waals surface area contributed by atoms with Gasteiger partial charge in [-0.2, -0.15) is 0 Å². The lowest BCUT2D eigenvalue weighted by Crippen LogP contribution is -2.45. The van der Waals surface area contributed by atoms with Crippen molar-refractivity contribution in [1.29, 1.82) is 0 Å². The lowest BCUT2D eigenvalue weighted by atomic mass is 9.98. The van der Waals surface area contributed by atoms with Gasteiger partial charge >= 0.3 is 6.03 Å². The van der Waals surface area contributed by atoms with Crippen LogP contribution in [0.25, 0.3) is 0 Å². The van der Waals surface area contributed by atoms with Crippen molar-refractivity contribution < 1.29 is 14.4 Å². The molecule has 1 spiro atoms. The van der Waals surface area contributed by atoms with Gasteiger partial charge in [0.05, 0.1) is 0 Å². The van der Waals surface area contributed by atoms with E-state index in [0.717, 1.165) is 17.7 Å². The Bertz CT molecular complexity index is 347. The first-order chi connectivity index (χ1) is 7.59. The molecule has 1 heterocycles. The molecule has 1 aliphatic carbocycles. The molecule has 0 unspecified atom stereocenters. The summed E-state index contributed by atoms with van der Waals surface area (Å²) in [6.45, 7) is -0.192. The molecule has 4 amide bonds. The van der Waals surface area contributed by atoms with Crippen LogP contribution < -0.4 is 10.6 Å². The average molecular weight is 225 g/mol. The van der Waals surface area contributed by atoms with Crippen LogP contribution in [0.3, 0.4) is 0 Å². The molecule has 1 saturated carbocycles. The lowest BCUT2D eigenvalue weighted by Gasteiger charge is -2.19. The molecule has 0 bridgehead atoms. The summed E-state index contributed by atoms with van der Waals surface area (Å²) in [5.74, 6) is -0.586. The van der Waals surface area contributed by atoms with E-state index in [1.165, 1.54) is 7.05 Å². The van der Waals surface area contributed by atoms with Crippen LogP contribution in [-0.2, 0) is 9.59 Å². The molecule has 2 N–H and O–H groups in total. The van der Waals surface area contributed by atoms with Crippen LogP contribution in [0, 0.1) is 0 Å². The third-order valence-corrected chi connectivity index (χ3v) is 3.28. The number of hydrogen-bond donors (Lipinski definition) is 2. The summed E-state index contributed by atoms with van der Waals surface area (Å²) in [7, 11) is 1.48. The first-order valence-electron chi connectivity index (χ1n) is 5.44. The van der Waals surface area contributed by atoms with Gasteiger partial charge in [-0.05, 0) is 12.8 Å². The van der Waals surface area contributed by atoms with Crippen molar-refractivity contribution in [3.63, 3.8) is 0 Å². The maximum absolute atomic E-state index is 12.1. The molecule has 0 aromatic heterocycles. The molecule has 2 fully saturated rings. The first kappa shape index (κ1) is 10.9. The highest BCUT2D eigenvalue weighted by atomic mass is 16.2. The highest BCUT2D eigenvalue weighted by Gasteiger charge is 2.52. The van der Waals surface area contributed by atoms with Crippen molar-refractivity contribution in [3.05, 3.63) is 0 Å². The summed E-state index contributed by atoms with van der Waals surface area (Å²) >= 11 is 0. The van der Waals surface area contributed by atoms with Crippen LogP contribution >= 0.6 is 0 Å². The summed E-state index contributed by atoms with van der Waals surface area (Å²) in [6.07, 6.45) is 3.25. The predicted molar refractivity (Wildman–Crippen MR) is 55.5 cm³/mol. The van der Waals surface area contributed by atoms with Crippen molar-refractivity contribution in [1.82, 2.24) is 15.5 Å². The minimum Gasteiger partial charge on any atom is -0.358 e. The number of likely N-dealkylation sites (N-methyl/N-ethyl adjacent to an activating group) is 1. The second kappa shape index (κ2) is 3.77. The SMILES string of the molecule is CNC(=O)CN1C(=O)NC2(CCCC2)C1=O. The van der Waals surface area contributed by atoms with Crippen LogP contribution in [0.15, 0.2) is 0 Å². The molecule has 88 valence electrons. The zero-order chi connectivity index (χ0) is 11.8. The Labute approximate surface area is 93.4 Å². The van der Waals surface area contributed by atoms with Gasteiger partial charge < -0.3 is 10.6 Å². The van der Waals surface area contributed by atoms with Gasteiger partial charge in [0.25, 0.3) is 5.91 Å². The summed E-state index contributed by atoms with van der Waals surface area (Å²) < 4.78 is 0. The van der Waals surface area contributed by atoms with Crippen molar-refractivity contribution in [3.8, 4) is 0 Å². The molecule has 2 rings (SSSR count). The van der Waals surface area contributed by atoms with Gasteiger partial charge in [0.1, 0.15) is 12.1 Å². The number of nitrogens with one attached hydrogen (secondary N) is 2. The Morgan fingerprint density at radius 2 is 2.06 bits per heavy atom. The number of imide groups is 1. The van der Waals surface area contributed by atoms with Crippen LogP contribution in [0.1, 0.15) is 25.7 Å². The van der Waals surface area contributed by atoms with Gasteiger partial charge in [-0.3, -0.25) is 14.5 Å². The standard InChI is InChI=1S/C10H15N3O3/c1-11-7(14)6-13-8(15)10(12-9(13)16)4-2-3-5-10/h2-6H2,1H3,(H,11,14)(H,12,16). The normalized spacial score (nSPS) is 22.7. The molecular formula is C10H15N3O3. The van der Waals surface area contributed by atoms with Crippen LogP contribution in [0.2, 0.25) is 0 Å². The molecule has 0 atom stereocenters. The maximum Gasteiger partial charge on any atom is 0.325 e. The number of amides is 4. The van der Waals surface area contributed by atoms with E-state index in [-0.39, 0.29) is 18.4 Å². The van der Waals surface area contributed by atoms with Gasteiger partial charge in [0, 0.05) is 7.05 Å². The fraction of sp³-hybridized carbons (Fsp3) is 0.700. The Balaban J connectivity index is 2.13. The van der Waals surface area contributed by atoms with Crippen LogP contribution in [0.5, 0.6) is 0 Å².